The molecule has 0 bridgehead atoms. The van der Waals surface area contributed by atoms with Gasteiger partial charge < -0.3 is 19.3 Å². The number of rotatable bonds is 4. The Morgan fingerprint density at radius 2 is 1.97 bits per heavy atom. The van der Waals surface area contributed by atoms with E-state index in [4.69, 9.17) is 9.47 Å². The summed E-state index contributed by atoms with van der Waals surface area (Å²) in [4.78, 5) is 54.2. The van der Waals surface area contributed by atoms with Gasteiger partial charge in [0.1, 0.15) is 13.2 Å². The van der Waals surface area contributed by atoms with Gasteiger partial charge in [-0.15, -0.1) is 0 Å². The number of hydrogen-bond acceptors (Lipinski definition) is 6. The van der Waals surface area contributed by atoms with Crippen molar-refractivity contribution in [3.63, 3.8) is 0 Å². The predicted molar refractivity (Wildman–Crippen MR) is 99.4 cm³/mol. The molecule has 0 N–H and O–H groups in total. The number of cyclic esters (lactones) is 1. The van der Waals surface area contributed by atoms with Crippen molar-refractivity contribution in [2.45, 2.75) is 18.5 Å². The zero-order chi connectivity index (χ0) is 20.5. The Hall–Kier alpha value is -3.10. The minimum atomic E-state index is -0.515. The van der Waals surface area contributed by atoms with Gasteiger partial charge in [0, 0.05) is 6.54 Å². The smallest absolute Gasteiger partial charge is 0.410 e. The molecule has 3 aliphatic heterocycles. The second-order valence-corrected chi connectivity index (χ2v) is 7.49. The molecule has 3 aliphatic rings. The van der Waals surface area contributed by atoms with E-state index in [-0.39, 0.29) is 43.5 Å². The van der Waals surface area contributed by atoms with Crippen LogP contribution in [0.1, 0.15) is 18.0 Å². The summed E-state index contributed by atoms with van der Waals surface area (Å²) in [6.45, 7) is 0.768. The van der Waals surface area contributed by atoms with Gasteiger partial charge >= 0.3 is 12.1 Å². The highest BCUT2D eigenvalue weighted by atomic mass is 16.6. The molecule has 3 atom stereocenters. The van der Waals surface area contributed by atoms with Gasteiger partial charge in [0.05, 0.1) is 38.2 Å². The highest BCUT2D eigenvalue weighted by Crippen LogP contribution is 2.43. The second kappa shape index (κ2) is 7.73. The van der Waals surface area contributed by atoms with Crippen molar-refractivity contribution >= 4 is 23.9 Å². The van der Waals surface area contributed by atoms with Crippen LogP contribution in [0.3, 0.4) is 0 Å². The van der Waals surface area contributed by atoms with Crippen LogP contribution in [-0.4, -0.2) is 84.5 Å². The molecule has 0 unspecified atom stereocenters. The fraction of sp³-hybridized carbons (Fsp3) is 0.500. The summed E-state index contributed by atoms with van der Waals surface area (Å²) in [7, 11) is 1.34. The van der Waals surface area contributed by atoms with E-state index in [2.05, 4.69) is 0 Å². The molecule has 3 amide bonds. The Balaban J connectivity index is 1.54. The Kier molecular flexibility index (Phi) is 5.12. The molecule has 0 aliphatic carbocycles. The number of benzene rings is 1. The SMILES string of the molecule is COC(=O)[C@H]1C[C@H]2CN(C(=O)CN3CCOC3=O)CC(=O)N2[C@H]1c1ccccc1. The van der Waals surface area contributed by atoms with E-state index < -0.39 is 18.1 Å². The molecule has 3 saturated heterocycles. The van der Waals surface area contributed by atoms with Crippen LogP contribution in [0.15, 0.2) is 30.3 Å². The van der Waals surface area contributed by atoms with Gasteiger partial charge in [0.15, 0.2) is 0 Å². The normalized spacial score (nSPS) is 26.4. The van der Waals surface area contributed by atoms with E-state index in [0.717, 1.165) is 5.56 Å². The van der Waals surface area contributed by atoms with Crippen LogP contribution in [0.2, 0.25) is 0 Å². The summed E-state index contributed by atoms with van der Waals surface area (Å²) in [5.74, 6) is -1.35. The average Bonchev–Trinajstić information content (AvgIpc) is 3.31. The molecule has 9 nitrogen and oxygen atoms in total. The van der Waals surface area contributed by atoms with Gasteiger partial charge in [-0.1, -0.05) is 30.3 Å². The third kappa shape index (κ3) is 3.52. The van der Waals surface area contributed by atoms with Gasteiger partial charge in [0.25, 0.3) is 0 Å². The van der Waals surface area contributed by atoms with Gasteiger partial charge in [-0.25, -0.2) is 4.79 Å². The van der Waals surface area contributed by atoms with Gasteiger partial charge in [-0.2, -0.15) is 0 Å². The topological polar surface area (TPSA) is 96.5 Å². The minimum absolute atomic E-state index is 0.0740. The highest BCUT2D eigenvalue weighted by molar-refractivity contribution is 5.90. The molecule has 3 fully saturated rings. The van der Waals surface area contributed by atoms with Crippen LogP contribution >= 0.6 is 0 Å². The van der Waals surface area contributed by atoms with Crippen LogP contribution in [0.25, 0.3) is 0 Å². The zero-order valence-electron chi connectivity index (χ0n) is 16.2. The molecule has 0 aromatic heterocycles. The van der Waals surface area contributed by atoms with E-state index in [1.807, 2.05) is 30.3 Å². The van der Waals surface area contributed by atoms with Crippen LogP contribution in [-0.2, 0) is 23.9 Å². The number of ether oxygens (including phenoxy) is 2. The molecule has 9 heteroatoms. The lowest BCUT2D eigenvalue weighted by Gasteiger charge is -2.40. The maximum absolute atomic E-state index is 13.0. The highest BCUT2D eigenvalue weighted by Gasteiger charge is 2.51. The number of hydrogen-bond donors (Lipinski definition) is 0. The molecule has 1 aromatic rings. The quantitative estimate of drug-likeness (QED) is 0.678. The van der Waals surface area contributed by atoms with Crippen molar-refractivity contribution in [2.24, 2.45) is 5.92 Å². The number of carbonyl (C=O) groups is 4. The average molecular weight is 401 g/mol. The third-order valence-corrected chi connectivity index (χ3v) is 5.81. The minimum Gasteiger partial charge on any atom is -0.469 e. The molecular formula is C20H23N3O6. The standard InChI is InChI=1S/C20H23N3O6/c1-28-19(26)15-9-14-10-22(16(24)11-21-7-8-29-20(21)27)12-17(25)23(14)18(15)13-5-3-2-4-6-13/h2-6,14-15,18H,7-12H2,1H3/t14-,15-,18-/m0/s1. The summed E-state index contributed by atoms with van der Waals surface area (Å²) >= 11 is 0. The first-order chi connectivity index (χ1) is 14.0. The summed E-state index contributed by atoms with van der Waals surface area (Å²) < 4.78 is 9.84. The molecule has 29 heavy (non-hydrogen) atoms. The number of fused-ring (bicyclic) bond motifs is 1. The Labute approximate surface area is 168 Å². The molecule has 3 heterocycles. The summed E-state index contributed by atoms with van der Waals surface area (Å²) in [5, 5.41) is 0. The van der Waals surface area contributed by atoms with Crippen molar-refractivity contribution in [1.29, 1.82) is 0 Å². The van der Waals surface area contributed by atoms with Crippen molar-refractivity contribution in [3.8, 4) is 0 Å². The van der Waals surface area contributed by atoms with Crippen molar-refractivity contribution in [2.75, 3.05) is 39.9 Å². The summed E-state index contributed by atoms with van der Waals surface area (Å²) in [5.41, 5.74) is 0.873. The van der Waals surface area contributed by atoms with Crippen LogP contribution in [0, 0.1) is 5.92 Å². The van der Waals surface area contributed by atoms with E-state index >= 15 is 0 Å². The number of nitrogens with zero attached hydrogens (tertiary/aromatic N) is 3. The van der Waals surface area contributed by atoms with Crippen molar-refractivity contribution in [3.05, 3.63) is 35.9 Å². The maximum Gasteiger partial charge on any atom is 0.410 e. The fourth-order valence-electron chi connectivity index (χ4n) is 4.48. The Bertz CT molecular complexity index is 829. The second-order valence-electron chi connectivity index (χ2n) is 7.49. The van der Waals surface area contributed by atoms with E-state index in [1.165, 1.54) is 16.9 Å². The predicted octanol–water partition coefficient (Wildman–Crippen LogP) is 0.412. The third-order valence-electron chi connectivity index (χ3n) is 5.81. The molecule has 4 rings (SSSR count). The molecular weight excluding hydrogens is 378 g/mol. The monoisotopic (exact) mass is 401 g/mol. The first-order valence-electron chi connectivity index (χ1n) is 9.63. The first kappa shape index (κ1) is 19.2. The number of esters is 1. The van der Waals surface area contributed by atoms with Gasteiger partial charge in [-0.3, -0.25) is 19.3 Å². The number of amides is 3. The lowest BCUT2D eigenvalue weighted by atomic mass is 9.93. The lowest BCUT2D eigenvalue weighted by molar-refractivity contribution is -0.151. The summed E-state index contributed by atoms with van der Waals surface area (Å²) in [6.07, 6.45) is -0.0906. The van der Waals surface area contributed by atoms with Crippen LogP contribution in [0.5, 0.6) is 0 Å². The number of methoxy groups -OCH3 is 1. The number of piperazine rings is 1. The zero-order valence-corrected chi connectivity index (χ0v) is 16.2. The Morgan fingerprint density at radius 1 is 1.21 bits per heavy atom. The molecule has 0 radical (unpaired) electrons. The van der Waals surface area contributed by atoms with Crippen molar-refractivity contribution < 1.29 is 28.7 Å². The molecule has 0 saturated carbocycles. The maximum atomic E-state index is 13.0. The Morgan fingerprint density at radius 3 is 2.62 bits per heavy atom. The fourth-order valence-corrected chi connectivity index (χ4v) is 4.48. The summed E-state index contributed by atoms with van der Waals surface area (Å²) in [6, 6.07) is 8.73. The van der Waals surface area contributed by atoms with Crippen LogP contribution in [0.4, 0.5) is 4.79 Å². The molecule has 0 spiro atoms. The van der Waals surface area contributed by atoms with Gasteiger partial charge in [0.2, 0.25) is 11.8 Å². The van der Waals surface area contributed by atoms with Gasteiger partial charge in [-0.05, 0) is 12.0 Å². The van der Waals surface area contributed by atoms with E-state index in [9.17, 15) is 19.2 Å². The molecule has 1 aromatic carbocycles. The van der Waals surface area contributed by atoms with E-state index in [0.29, 0.717) is 19.5 Å². The largest absolute Gasteiger partial charge is 0.469 e. The lowest BCUT2D eigenvalue weighted by Crippen LogP contribution is -2.57. The molecule has 154 valence electrons. The number of carbonyl (C=O) groups excluding carboxylic acids is 4. The van der Waals surface area contributed by atoms with Crippen LogP contribution < -0.4 is 0 Å². The van der Waals surface area contributed by atoms with E-state index in [1.54, 1.807) is 4.90 Å². The van der Waals surface area contributed by atoms with Crippen molar-refractivity contribution in [1.82, 2.24) is 14.7 Å². The first-order valence-corrected chi connectivity index (χ1v) is 9.63.